The predicted molar refractivity (Wildman–Crippen MR) is 41.9 cm³/mol. The van der Waals surface area contributed by atoms with Crippen LogP contribution in [0.2, 0.25) is 0 Å². The van der Waals surface area contributed by atoms with Crippen molar-refractivity contribution in [1.29, 1.82) is 0 Å². The molecule has 0 spiro atoms. The molecule has 0 aromatic rings. The first-order valence-electron chi connectivity index (χ1n) is 3.23. The molecule has 0 N–H and O–H groups in total. The van der Waals surface area contributed by atoms with Crippen LogP contribution in [0.1, 0.15) is 26.2 Å². The fourth-order valence-electron chi connectivity index (χ4n) is 0.611. The monoisotopic (exact) mass is 133 g/mol. The summed E-state index contributed by atoms with van der Waals surface area (Å²) in [5.41, 5.74) is 0. The second kappa shape index (κ2) is 5.53. The molecular formula is C6H16NP. The molecule has 0 bridgehead atoms. The Morgan fingerprint density at radius 1 is 1.38 bits per heavy atom. The van der Waals surface area contributed by atoms with E-state index in [2.05, 4.69) is 28.0 Å². The molecule has 2 heteroatoms. The highest BCUT2D eigenvalue weighted by molar-refractivity contribution is 7.13. The molecule has 0 radical (unpaired) electrons. The third-order valence-corrected chi connectivity index (χ3v) is 1.37. The summed E-state index contributed by atoms with van der Waals surface area (Å²) in [5, 5.41) is 0. The molecule has 0 saturated heterocycles. The van der Waals surface area contributed by atoms with E-state index in [0.717, 1.165) is 0 Å². The van der Waals surface area contributed by atoms with Gasteiger partial charge in [0.1, 0.15) is 0 Å². The molecule has 1 unspecified atom stereocenters. The average Bonchev–Trinajstić information content (AvgIpc) is 1.66. The van der Waals surface area contributed by atoms with E-state index in [-0.39, 0.29) is 0 Å². The van der Waals surface area contributed by atoms with Gasteiger partial charge in [0.2, 0.25) is 0 Å². The highest BCUT2D eigenvalue weighted by Gasteiger charge is 1.86. The van der Waals surface area contributed by atoms with Crippen molar-refractivity contribution in [3.05, 3.63) is 0 Å². The lowest BCUT2D eigenvalue weighted by molar-refractivity contribution is 0.524. The summed E-state index contributed by atoms with van der Waals surface area (Å²) < 4.78 is 2.15. The fourth-order valence-corrected chi connectivity index (χ4v) is 0.794. The summed E-state index contributed by atoms with van der Waals surface area (Å²) in [5.74, 6) is 0. The summed E-state index contributed by atoms with van der Waals surface area (Å²) in [6.45, 7) is 3.43. The van der Waals surface area contributed by atoms with E-state index in [4.69, 9.17) is 0 Å². The zero-order valence-corrected chi connectivity index (χ0v) is 7.01. The predicted octanol–water partition coefficient (Wildman–Crippen LogP) is 1.90. The summed E-state index contributed by atoms with van der Waals surface area (Å²) >= 11 is 0. The zero-order chi connectivity index (χ0) is 6.41. The van der Waals surface area contributed by atoms with Crippen LogP contribution in [-0.4, -0.2) is 18.3 Å². The Bertz CT molecular complexity index is 45.8. The lowest BCUT2D eigenvalue weighted by atomic mass is 10.2. The van der Waals surface area contributed by atoms with Crippen molar-refractivity contribution in [3.63, 3.8) is 0 Å². The first-order chi connectivity index (χ1) is 3.77. The number of hydrogen-bond acceptors (Lipinski definition) is 1. The molecule has 0 aliphatic rings. The molecule has 0 aliphatic carbocycles. The number of rotatable bonds is 4. The van der Waals surface area contributed by atoms with Crippen molar-refractivity contribution in [3.8, 4) is 0 Å². The second-order valence-corrected chi connectivity index (χ2v) is 3.07. The maximum absolute atomic E-state index is 2.66. The first-order valence-corrected chi connectivity index (χ1v) is 3.75. The maximum atomic E-state index is 2.66. The molecule has 8 heavy (non-hydrogen) atoms. The van der Waals surface area contributed by atoms with Gasteiger partial charge in [-0.3, -0.25) is 4.67 Å². The van der Waals surface area contributed by atoms with Crippen molar-refractivity contribution < 1.29 is 0 Å². The van der Waals surface area contributed by atoms with E-state index >= 15 is 0 Å². The van der Waals surface area contributed by atoms with Gasteiger partial charge in [0.15, 0.2) is 0 Å². The van der Waals surface area contributed by atoms with Gasteiger partial charge >= 0.3 is 0 Å². The number of hydrogen-bond donors (Lipinski definition) is 0. The van der Waals surface area contributed by atoms with Crippen molar-refractivity contribution in [2.24, 2.45) is 0 Å². The smallest absolute Gasteiger partial charge is 0.00131 e. The van der Waals surface area contributed by atoms with Gasteiger partial charge in [-0.15, -0.1) is 0 Å². The Balaban J connectivity index is 2.72. The Morgan fingerprint density at radius 3 is 2.38 bits per heavy atom. The van der Waals surface area contributed by atoms with Crippen molar-refractivity contribution in [2.75, 3.05) is 13.6 Å². The van der Waals surface area contributed by atoms with Gasteiger partial charge < -0.3 is 0 Å². The van der Waals surface area contributed by atoms with E-state index in [0.29, 0.717) is 0 Å². The van der Waals surface area contributed by atoms with Crippen LogP contribution in [0.15, 0.2) is 0 Å². The molecule has 0 aromatic heterocycles. The SMILES string of the molecule is CCCCCN(C)P. The van der Waals surface area contributed by atoms with Gasteiger partial charge in [0, 0.05) is 6.54 Å². The van der Waals surface area contributed by atoms with Crippen LogP contribution in [0.5, 0.6) is 0 Å². The zero-order valence-electron chi connectivity index (χ0n) is 5.85. The Labute approximate surface area is 54.7 Å². The molecule has 0 amide bonds. The van der Waals surface area contributed by atoms with E-state index in [1.165, 1.54) is 25.8 Å². The topological polar surface area (TPSA) is 3.24 Å². The Kier molecular flexibility index (Phi) is 5.79. The fraction of sp³-hybridized carbons (Fsp3) is 1.00. The van der Waals surface area contributed by atoms with Crippen LogP contribution in [-0.2, 0) is 0 Å². The normalized spacial score (nSPS) is 10.5. The molecule has 1 atom stereocenters. The summed E-state index contributed by atoms with van der Waals surface area (Å²) in [6, 6.07) is 0. The van der Waals surface area contributed by atoms with Gasteiger partial charge in [-0.1, -0.05) is 29.2 Å². The molecule has 0 saturated carbocycles. The third kappa shape index (κ3) is 6.39. The average molecular weight is 133 g/mol. The second-order valence-electron chi connectivity index (χ2n) is 2.19. The van der Waals surface area contributed by atoms with Crippen LogP contribution >= 0.6 is 9.39 Å². The quantitative estimate of drug-likeness (QED) is 0.418. The molecule has 0 fully saturated rings. The highest BCUT2D eigenvalue weighted by atomic mass is 31.0. The summed E-state index contributed by atoms with van der Waals surface area (Å²) in [6.07, 6.45) is 4.01. The first kappa shape index (κ1) is 8.39. The van der Waals surface area contributed by atoms with Crippen LogP contribution in [0.25, 0.3) is 0 Å². The summed E-state index contributed by atoms with van der Waals surface area (Å²) in [7, 11) is 4.75. The van der Waals surface area contributed by atoms with Crippen molar-refractivity contribution in [1.82, 2.24) is 4.67 Å². The van der Waals surface area contributed by atoms with Gasteiger partial charge in [-0.25, -0.2) is 0 Å². The van der Waals surface area contributed by atoms with E-state index in [1.807, 2.05) is 0 Å². The molecule has 1 nitrogen and oxygen atoms in total. The van der Waals surface area contributed by atoms with Crippen LogP contribution < -0.4 is 0 Å². The standard InChI is InChI=1S/C6H16NP/c1-3-4-5-6-7(2)8/h3-6,8H2,1-2H3. The minimum Gasteiger partial charge on any atom is -0.290 e. The molecule has 0 aromatic carbocycles. The highest BCUT2D eigenvalue weighted by Crippen LogP contribution is 1.98. The lowest BCUT2D eigenvalue weighted by Crippen LogP contribution is -2.04. The summed E-state index contributed by atoms with van der Waals surface area (Å²) in [4.78, 5) is 0. The van der Waals surface area contributed by atoms with E-state index in [1.54, 1.807) is 0 Å². The van der Waals surface area contributed by atoms with E-state index < -0.39 is 0 Å². The van der Waals surface area contributed by atoms with Gasteiger partial charge in [-0.2, -0.15) is 0 Å². The Morgan fingerprint density at radius 2 is 2.00 bits per heavy atom. The lowest BCUT2D eigenvalue weighted by Gasteiger charge is -2.06. The van der Waals surface area contributed by atoms with Crippen molar-refractivity contribution >= 4 is 9.39 Å². The van der Waals surface area contributed by atoms with Crippen molar-refractivity contribution in [2.45, 2.75) is 26.2 Å². The van der Waals surface area contributed by atoms with Gasteiger partial charge in [0.25, 0.3) is 0 Å². The minimum absolute atomic E-state index is 1.21. The van der Waals surface area contributed by atoms with Gasteiger partial charge in [-0.05, 0) is 13.5 Å². The maximum Gasteiger partial charge on any atom is 0.00131 e. The number of unbranched alkanes of at least 4 members (excludes halogenated alkanes) is 2. The molecule has 50 valence electrons. The number of nitrogens with zero attached hydrogens (tertiary/aromatic N) is 1. The van der Waals surface area contributed by atoms with Gasteiger partial charge in [0.05, 0.1) is 0 Å². The third-order valence-electron chi connectivity index (χ3n) is 1.11. The minimum atomic E-state index is 1.21. The van der Waals surface area contributed by atoms with Crippen LogP contribution in [0, 0.1) is 0 Å². The van der Waals surface area contributed by atoms with E-state index in [9.17, 15) is 0 Å². The molecule has 0 aliphatic heterocycles. The molecule has 0 rings (SSSR count). The van der Waals surface area contributed by atoms with Crippen LogP contribution in [0.3, 0.4) is 0 Å². The molecular weight excluding hydrogens is 117 g/mol. The molecule has 0 heterocycles. The Hall–Kier alpha value is 0.390. The largest absolute Gasteiger partial charge is 0.290 e. The van der Waals surface area contributed by atoms with Crippen LogP contribution in [0.4, 0.5) is 0 Å².